The predicted molar refractivity (Wildman–Crippen MR) is 83.1 cm³/mol. The minimum absolute atomic E-state index is 0.0744. The summed E-state index contributed by atoms with van der Waals surface area (Å²) in [6, 6.07) is 20.5. The van der Waals surface area contributed by atoms with Crippen molar-refractivity contribution in [1.82, 2.24) is 0 Å². The number of benzene rings is 2. The minimum Gasteiger partial charge on any atom is -0.480 e. The quantitative estimate of drug-likeness (QED) is 0.713. The Kier molecular flexibility index (Phi) is 2.54. The van der Waals surface area contributed by atoms with Crippen molar-refractivity contribution < 1.29 is 4.74 Å². The fourth-order valence-electron chi connectivity index (χ4n) is 2.65. The lowest BCUT2D eigenvalue weighted by Gasteiger charge is -2.26. The Morgan fingerprint density at radius 2 is 1.70 bits per heavy atom. The van der Waals surface area contributed by atoms with Gasteiger partial charge in [-0.1, -0.05) is 42.5 Å². The molecule has 0 saturated carbocycles. The summed E-state index contributed by atoms with van der Waals surface area (Å²) in [6.07, 6.45) is -0.0744. The first-order valence-corrected chi connectivity index (χ1v) is 7.35. The molecule has 0 spiro atoms. The van der Waals surface area contributed by atoms with Gasteiger partial charge in [-0.2, -0.15) is 0 Å². The number of nitrogen functional groups attached to an aromatic ring is 1. The average molecular weight is 279 g/mol. The summed E-state index contributed by atoms with van der Waals surface area (Å²) in [5, 5.41) is 0.830. The van der Waals surface area contributed by atoms with Crippen LogP contribution in [0.3, 0.4) is 0 Å². The van der Waals surface area contributed by atoms with Gasteiger partial charge >= 0.3 is 0 Å². The maximum absolute atomic E-state index is 6.21. The van der Waals surface area contributed by atoms with Crippen molar-refractivity contribution >= 4 is 16.3 Å². The third-order valence-corrected chi connectivity index (χ3v) is 4.55. The van der Waals surface area contributed by atoms with Gasteiger partial charge in [0.25, 0.3) is 0 Å². The fourth-order valence-corrected chi connectivity index (χ4v) is 3.64. The van der Waals surface area contributed by atoms with Crippen LogP contribution in [0.1, 0.15) is 17.2 Å². The van der Waals surface area contributed by atoms with Crippen LogP contribution >= 0.6 is 11.3 Å². The van der Waals surface area contributed by atoms with Crippen LogP contribution in [-0.2, 0) is 0 Å². The smallest absolute Gasteiger partial charge is 0.150 e. The zero-order chi connectivity index (χ0) is 13.5. The molecule has 2 nitrogen and oxygen atoms in total. The van der Waals surface area contributed by atoms with Crippen LogP contribution in [-0.4, -0.2) is 0 Å². The van der Waals surface area contributed by atoms with Crippen molar-refractivity contribution in [1.29, 1.82) is 0 Å². The Morgan fingerprint density at radius 3 is 2.55 bits per heavy atom. The van der Waals surface area contributed by atoms with Crippen LogP contribution in [0.15, 0.2) is 60.7 Å². The number of nitrogens with two attached hydrogens (primary N) is 1. The lowest BCUT2D eigenvalue weighted by Crippen LogP contribution is -2.13. The first kappa shape index (κ1) is 11.6. The summed E-state index contributed by atoms with van der Waals surface area (Å²) in [5.74, 6) is 0.927. The first-order chi connectivity index (χ1) is 9.83. The molecule has 20 heavy (non-hydrogen) atoms. The molecular formula is C17H13NOS. The van der Waals surface area contributed by atoms with Gasteiger partial charge in [-0.3, -0.25) is 0 Å². The topological polar surface area (TPSA) is 35.2 Å². The Bertz CT molecular complexity index is 764. The third kappa shape index (κ3) is 1.71. The zero-order valence-electron chi connectivity index (χ0n) is 10.7. The number of rotatable bonds is 1. The highest BCUT2D eigenvalue weighted by Gasteiger charge is 2.29. The molecule has 2 heterocycles. The van der Waals surface area contributed by atoms with E-state index in [0.29, 0.717) is 0 Å². The fraction of sp³-hybridized carbons (Fsp3) is 0.0588. The lowest BCUT2D eigenvalue weighted by molar-refractivity contribution is 0.244. The molecule has 1 unspecified atom stereocenters. The van der Waals surface area contributed by atoms with E-state index in [2.05, 4.69) is 18.2 Å². The van der Waals surface area contributed by atoms with Crippen molar-refractivity contribution in [2.45, 2.75) is 6.10 Å². The number of fused-ring (bicyclic) bond motifs is 3. The summed E-state index contributed by atoms with van der Waals surface area (Å²) in [5.41, 5.74) is 9.47. The molecule has 1 aromatic heterocycles. The molecule has 1 atom stereocenters. The van der Waals surface area contributed by atoms with Gasteiger partial charge in [0, 0.05) is 16.0 Å². The molecular weight excluding hydrogens is 266 g/mol. The van der Waals surface area contributed by atoms with Gasteiger partial charge in [0.15, 0.2) is 6.10 Å². The van der Waals surface area contributed by atoms with Gasteiger partial charge in [0.1, 0.15) is 5.75 Å². The van der Waals surface area contributed by atoms with Gasteiger partial charge in [-0.05, 0) is 23.8 Å². The maximum atomic E-state index is 6.21. The molecule has 0 radical (unpaired) electrons. The van der Waals surface area contributed by atoms with E-state index in [1.807, 2.05) is 42.5 Å². The maximum Gasteiger partial charge on any atom is 0.150 e. The van der Waals surface area contributed by atoms with Crippen LogP contribution < -0.4 is 10.5 Å². The second kappa shape index (κ2) is 4.39. The molecule has 98 valence electrons. The number of thiophene rings is 1. The van der Waals surface area contributed by atoms with Crippen LogP contribution in [0.5, 0.6) is 5.75 Å². The van der Waals surface area contributed by atoms with Gasteiger partial charge in [0.2, 0.25) is 0 Å². The summed E-state index contributed by atoms with van der Waals surface area (Å²) in [6.45, 7) is 0. The molecule has 0 saturated heterocycles. The molecule has 4 rings (SSSR count). The number of anilines is 1. The number of hydrogen-bond acceptors (Lipinski definition) is 3. The minimum atomic E-state index is -0.0744. The Hall–Kier alpha value is -2.26. The molecule has 3 heteroatoms. The van der Waals surface area contributed by atoms with Crippen molar-refractivity contribution in [2.24, 2.45) is 0 Å². The highest BCUT2D eigenvalue weighted by molar-refractivity contribution is 7.19. The Balaban J connectivity index is 1.93. The van der Waals surface area contributed by atoms with E-state index < -0.39 is 0 Å². The highest BCUT2D eigenvalue weighted by Crippen LogP contribution is 2.49. The van der Waals surface area contributed by atoms with Gasteiger partial charge < -0.3 is 10.5 Å². The van der Waals surface area contributed by atoms with Crippen LogP contribution in [0.2, 0.25) is 0 Å². The van der Waals surface area contributed by atoms with Crippen LogP contribution in [0.4, 0.5) is 5.00 Å². The summed E-state index contributed by atoms with van der Waals surface area (Å²) in [7, 11) is 0. The summed E-state index contributed by atoms with van der Waals surface area (Å²) >= 11 is 1.63. The average Bonchev–Trinajstić information content (AvgIpc) is 2.89. The van der Waals surface area contributed by atoms with Crippen molar-refractivity contribution in [3.05, 3.63) is 71.8 Å². The Morgan fingerprint density at radius 1 is 0.950 bits per heavy atom. The van der Waals surface area contributed by atoms with E-state index in [1.54, 1.807) is 11.3 Å². The van der Waals surface area contributed by atoms with E-state index in [9.17, 15) is 0 Å². The van der Waals surface area contributed by atoms with Gasteiger partial charge in [-0.25, -0.2) is 0 Å². The van der Waals surface area contributed by atoms with E-state index >= 15 is 0 Å². The van der Waals surface area contributed by atoms with E-state index in [1.165, 1.54) is 4.88 Å². The van der Waals surface area contributed by atoms with E-state index in [4.69, 9.17) is 10.5 Å². The number of para-hydroxylation sites is 1. The normalized spacial score (nSPS) is 16.1. The van der Waals surface area contributed by atoms with Crippen LogP contribution in [0.25, 0.3) is 10.4 Å². The monoisotopic (exact) mass is 279 g/mol. The lowest BCUT2D eigenvalue weighted by atomic mass is 9.96. The van der Waals surface area contributed by atoms with Crippen LogP contribution in [0, 0.1) is 0 Å². The SMILES string of the molecule is Nc1cc2c(s1)-c1ccccc1OC2c1ccccc1. The van der Waals surface area contributed by atoms with Crippen molar-refractivity contribution in [3.8, 4) is 16.2 Å². The van der Waals surface area contributed by atoms with Crippen molar-refractivity contribution in [2.75, 3.05) is 5.73 Å². The third-order valence-electron chi connectivity index (χ3n) is 3.54. The molecule has 2 N–H and O–H groups in total. The van der Waals surface area contributed by atoms with Crippen molar-refractivity contribution in [3.63, 3.8) is 0 Å². The molecule has 0 aliphatic carbocycles. The predicted octanol–water partition coefficient (Wildman–Crippen LogP) is 4.48. The molecule has 0 amide bonds. The first-order valence-electron chi connectivity index (χ1n) is 6.53. The standard InChI is InChI=1S/C17H13NOS/c18-15-10-13-16(11-6-2-1-3-7-11)19-14-9-5-4-8-12(14)17(13)20-15/h1-10,16H,18H2. The number of hydrogen-bond donors (Lipinski definition) is 1. The van der Waals surface area contributed by atoms with E-state index in [0.717, 1.165) is 27.4 Å². The highest BCUT2D eigenvalue weighted by atomic mass is 32.1. The molecule has 2 aromatic carbocycles. The largest absolute Gasteiger partial charge is 0.480 e. The second-order valence-electron chi connectivity index (χ2n) is 4.84. The zero-order valence-corrected chi connectivity index (χ0v) is 11.6. The summed E-state index contributed by atoms with van der Waals surface area (Å²) < 4.78 is 6.21. The van der Waals surface area contributed by atoms with E-state index in [-0.39, 0.29) is 6.10 Å². The second-order valence-corrected chi connectivity index (χ2v) is 5.92. The molecule has 3 aromatic rings. The van der Waals surface area contributed by atoms with Gasteiger partial charge in [-0.15, -0.1) is 11.3 Å². The Labute approximate surface area is 121 Å². The number of ether oxygens (including phenoxy) is 1. The molecule has 1 aliphatic heterocycles. The summed E-state index contributed by atoms with van der Waals surface area (Å²) in [4.78, 5) is 1.22. The van der Waals surface area contributed by atoms with Gasteiger partial charge in [0.05, 0.1) is 5.00 Å². The molecule has 0 bridgehead atoms. The molecule has 1 aliphatic rings. The molecule has 0 fully saturated rings.